The first-order valence-corrected chi connectivity index (χ1v) is 7.14. The molecule has 1 N–H and O–H groups in total. The fourth-order valence-corrected chi connectivity index (χ4v) is 3.12. The molecule has 0 bridgehead atoms. The Labute approximate surface area is 107 Å². The van der Waals surface area contributed by atoms with Crippen LogP contribution in [0, 0.1) is 11.3 Å². The summed E-state index contributed by atoms with van der Waals surface area (Å²) >= 11 is 0. The van der Waals surface area contributed by atoms with Gasteiger partial charge in [-0.05, 0) is 17.7 Å². The van der Waals surface area contributed by atoms with Gasteiger partial charge in [-0.15, -0.1) is 0 Å². The summed E-state index contributed by atoms with van der Waals surface area (Å²) in [7, 11) is -1.82. The van der Waals surface area contributed by atoms with E-state index in [0.717, 1.165) is 5.56 Å². The zero-order chi connectivity index (χ0) is 13.2. The Morgan fingerprint density at radius 2 is 2.00 bits per heavy atom. The van der Waals surface area contributed by atoms with Crippen LogP contribution < -0.4 is 5.32 Å². The fraction of sp³-hybridized carbons (Fsp3) is 0.417. The lowest BCUT2D eigenvalue weighted by atomic mass is 10.2. The number of hydrogen-bond acceptors (Lipinski definition) is 4. The number of sulfonamides is 1. The standard InChI is InChI=1S/C12H15N3O2S/c1-15(11-8-14-9-11)18(16,17)12-4-2-10(3-5-12)6-7-13/h2-5,11,14H,6,8-9H2,1H3. The Morgan fingerprint density at radius 1 is 1.39 bits per heavy atom. The maximum absolute atomic E-state index is 12.3. The molecule has 6 heteroatoms. The molecule has 1 aromatic carbocycles. The van der Waals surface area contributed by atoms with Gasteiger partial charge < -0.3 is 5.32 Å². The predicted molar refractivity (Wildman–Crippen MR) is 67.4 cm³/mol. The van der Waals surface area contributed by atoms with E-state index in [1.165, 1.54) is 4.31 Å². The van der Waals surface area contributed by atoms with E-state index in [-0.39, 0.29) is 10.9 Å². The first-order chi connectivity index (χ1) is 8.55. The second kappa shape index (κ2) is 5.06. The van der Waals surface area contributed by atoms with Crippen LogP contribution in [0.3, 0.4) is 0 Å². The molecule has 0 amide bonds. The Balaban J connectivity index is 2.21. The molecular formula is C12H15N3O2S. The van der Waals surface area contributed by atoms with Gasteiger partial charge in [0.2, 0.25) is 10.0 Å². The lowest BCUT2D eigenvalue weighted by Crippen LogP contribution is -2.57. The number of hydrogen-bond donors (Lipinski definition) is 1. The predicted octanol–water partition coefficient (Wildman–Crippen LogP) is 0.345. The van der Waals surface area contributed by atoms with Gasteiger partial charge >= 0.3 is 0 Å². The van der Waals surface area contributed by atoms with Gasteiger partial charge in [0, 0.05) is 26.2 Å². The molecule has 0 atom stereocenters. The highest BCUT2D eigenvalue weighted by molar-refractivity contribution is 7.89. The molecule has 96 valence electrons. The van der Waals surface area contributed by atoms with Crippen molar-refractivity contribution in [2.75, 3.05) is 20.1 Å². The van der Waals surface area contributed by atoms with Gasteiger partial charge in [-0.3, -0.25) is 0 Å². The van der Waals surface area contributed by atoms with Crippen molar-refractivity contribution in [1.29, 1.82) is 5.26 Å². The maximum Gasteiger partial charge on any atom is 0.243 e. The number of benzene rings is 1. The average Bonchev–Trinajstić information content (AvgIpc) is 2.28. The van der Waals surface area contributed by atoms with Crippen LogP contribution in [0.1, 0.15) is 5.56 Å². The van der Waals surface area contributed by atoms with Gasteiger partial charge in [0.1, 0.15) is 0 Å². The van der Waals surface area contributed by atoms with Crippen molar-refractivity contribution in [3.63, 3.8) is 0 Å². The lowest BCUT2D eigenvalue weighted by Gasteiger charge is -2.34. The molecular weight excluding hydrogens is 250 g/mol. The molecule has 0 saturated carbocycles. The third-order valence-corrected chi connectivity index (χ3v) is 5.08. The van der Waals surface area contributed by atoms with Crippen LogP contribution in [-0.2, 0) is 16.4 Å². The molecule has 0 aliphatic carbocycles. The van der Waals surface area contributed by atoms with E-state index >= 15 is 0 Å². The molecule has 1 aliphatic heterocycles. The monoisotopic (exact) mass is 265 g/mol. The van der Waals surface area contributed by atoms with Crippen molar-refractivity contribution in [1.82, 2.24) is 9.62 Å². The quantitative estimate of drug-likeness (QED) is 0.852. The maximum atomic E-state index is 12.3. The number of nitrogens with zero attached hydrogens (tertiary/aromatic N) is 2. The summed E-state index contributed by atoms with van der Waals surface area (Å²) in [5.74, 6) is 0. The summed E-state index contributed by atoms with van der Waals surface area (Å²) < 4.78 is 25.9. The Bertz CT molecular complexity index is 556. The van der Waals surface area contributed by atoms with Crippen LogP contribution in [0.15, 0.2) is 29.2 Å². The molecule has 1 saturated heterocycles. The van der Waals surface area contributed by atoms with Crippen molar-refractivity contribution >= 4 is 10.0 Å². The molecule has 1 fully saturated rings. The van der Waals surface area contributed by atoms with Crippen LogP contribution >= 0.6 is 0 Å². The third kappa shape index (κ3) is 2.38. The van der Waals surface area contributed by atoms with E-state index in [4.69, 9.17) is 5.26 Å². The third-order valence-electron chi connectivity index (χ3n) is 3.16. The highest BCUT2D eigenvalue weighted by atomic mass is 32.2. The van der Waals surface area contributed by atoms with Crippen LogP contribution in [0.5, 0.6) is 0 Å². The molecule has 0 unspecified atom stereocenters. The Hall–Kier alpha value is -1.42. The number of rotatable bonds is 4. The van der Waals surface area contributed by atoms with Crippen LogP contribution in [0.4, 0.5) is 0 Å². The SMILES string of the molecule is CN(C1CNC1)S(=O)(=O)c1ccc(CC#N)cc1. The van der Waals surface area contributed by atoms with Crippen LogP contribution in [-0.4, -0.2) is 38.9 Å². The Morgan fingerprint density at radius 3 is 2.44 bits per heavy atom. The molecule has 0 radical (unpaired) electrons. The first-order valence-electron chi connectivity index (χ1n) is 5.70. The molecule has 1 aromatic rings. The van der Waals surface area contributed by atoms with Gasteiger partial charge in [0.15, 0.2) is 0 Å². The summed E-state index contributed by atoms with van der Waals surface area (Å²) in [5.41, 5.74) is 0.824. The molecule has 2 rings (SSSR count). The summed E-state index contributed by atoms with van der Waals surface area (Å²) in [6.45, 7) is 1.39. The van der Waals surface area contributed by atoms with Crippen molar-refractivity contribution < 1.29 is 8.42 Å². The Kier molecular flexibility index (Phi) is 3.66. The van der Waals surface area contributed by atoms with Gasteiger partial charge in [-0.2, -0.15) is 9.57 Å². The highest BCUT2D eigenvalue weighted by Gasteiger charge is 2.31. The van der Waals surface area contributed by atoms with E-state index in [2.05, 4.69) is 5.32 Å². The number of nitriles is 1. The van der Waals surface area contributed by atoms with Crippen LogP contribution in [0.25, 0.3) is 0 Å². The van der Waals surface area contributed by atoms with Crippen molar-refractivity contribution in [2.45, 2.75) is 17.4 Å². The minimum atomic E-state index is -3.42. The van der Waals surface area contributed by atoms with Gasteiger partial charge in [0.25, 0.3) is 0 Å². The van der Waals surface area contributed by atoms with E-state index < -0.39 is 10.0 Å². The smallest absolute Gasteiger partial charge is 0.243 e. The summed E-state index contributed by atoms with van der Waals surface area (Å²) in [6.07, 6.45) is 0.294. The highest BCUT2D eigenvalue weighted by Crippen LogP contribution is 2.18. The fourth-order valence-electron chi connectivity index (χ4n) is 1.76. The topological polar surface area (TPSA) is 73.2 Å². The van der Waals surface area contributed by atoms with Gasteiger partial charge in [0.05, 0.1) is 17.4 Å². The molecule has 1 aliphatic rings. The first kappa shape index (κ1) is 13.0. The number of likely N-dealkylation sites (N-methyl/N-ethyl adjacent to an activating group) is 1. The molecule has 0 spiro atoms. The minimum Gasteiger partial charge on any atom is -0.313 e. The van der Waals surface area contributed by atoms with Gasteiger partial charge in [-0.1, -0.05) is 12.1 Å². The van der Waals surface area contributed by atoms with Crippen molar-refractivity contribution in [2.24, 2.45) is 0 Å². The largest absolute Gasteiger partial charge is 0.313 e. The average molecular weight is 265 g/mol. The zero-order valence-electron chi connectivity index (χ0n) is 10.1. The van der Waals surface area contributed by atoms with Crippen molar-refractivity contribution in [3.8, 4) is 6.07 Å². The normalized spacial score (nSPS) is 16.3. The zero-order valence-corrected chi connectivity index (χ0v) is 10.9. The molecule has 1 heterocycles. The summed E-state index contributed by atoms with van der Waals surface area (Å²) in [4.78, 5) is 0.276. The minimum absolute atomic E-state index is 0.0359. The second-order valence-electron chi connectivity index (χ2n) is 4.31. The molecule has 5 nitrogen and oxygen atoms in total. The second-order valence-corrected chi connectivity index (χ2v) is 6.31. The van der Waals surface area contributed by atoms with Crippen LogP contribution in [0.2, 0.25) is 0 Å². The summed E-state index contributed by atoms with van der Waals surface area (Å²) in [5, 5.41) is 11.6. The van der Waals surface area contributed by atoms with E-state index in [1.54, 1.807) is 31.3 Å². The molecule has 0 aromatic heterocycles. The van der Waals surface area contributed by atoms with E-state index in [1.807, 2.05) is 6.07 Å². The summed E-state index contributed by atoms with van der Waals surface area (Å²) in [6, 6.07) is 8.56. The van der Waals surface area contributed by atoms with E-state index in [9.17, 15) is 8.42 Å². The number of nitrogens with one attached hydrogen (secondary N) is 1. The van der Waals surface area contributed by atoms with Gasteiger partial charge in [-0.25, -0.2) is 8.42 Å². The van der Waals surface area contributed by atoms with Crippen molar-refractivity contribution in [3.05, 3.63) is 29.8 Å². The molecule has 18 heavy (non-hydrogen) atoms. The van der Waals surface area contributed by atoms with E-state index in [0.29, 0.717) is 19.5 Å². The lowest BCUT2D eigenvalue weighted by molar-refractivity contribution is 0.274.